The third kappa shape index (κ3) is 6.33. The van der Waals surface area contributed by atoms with E-state index in [1.165, 1.54) is 33.5 Å². The predicted octanol–water partition coefficient (Wildman–Crippen LogP) is 6.37. The summed E-state index contributed by atoms with van der Waals surface area (Å²) in [6, 6.07) is 20.0. The molecule has 5 heteroatoms. The minimum Gasteiger partial charge on any atom is -0.325 e. The van der Waals surface area contributed by atoms with E-state index in [9.17, 15) is 0 Å². The second kappa shape index (κ2) is 12.4. The summed E-state index contributed by atoms with van der Waals surface area (Å²) in [5, 5.41) is 0. The maximum Gasteiger partial charge on any atom is 0.0708 e. The molecule has 0 aliphatic carbocycles. The molecule has 5 nitrogen and oxygen atoms in total. The molecule has 0 unspecified atom stereocenters. The number of pyridine rings is 1. The van der Waals surface area contributed by atoms with Gasteiger partial charge in [0.15, 0.2) is 0 Å². The first-order valence-electron chi connectivity index (χ1n) is 14.6. The van der Waals surface area contributed by atoms with E-state index in [4.69, 9.17) is 15.7 Å². The quantitative estimate of drug-likeness (QED) is 0.308. The molecule has 2 aromatic carbocycles. The smallest absolute Gasteiger partial charge is 0.0708 e. The van der Waals surface area contributed by atoms with Gasteiger partial charge in [-0.1, -0.05) is 69.0 Å². The molecule has 2 saturated heterocycles. The summed E-state index contributed by atoms with van der Waals surface area (Å²) < 4.78 is 0. The summed E-state index contributed by atoms with van der Waals surface area (Å²) in [7, 11) is 0. The van der Waals surface area contributed by atoms with Gasteiger partial charge < -0.3 is 5.73 Å². The van der Waals surface area contributed by atoms with Crippen molar-refractivity contribution in [3.05, 3.63) is 95.2 Å². The summed E-state index contributed by atoms with van der Waals surface area (Å²) in [5.41, 5.74) is 17.4. The third-order valence-electron chi connectivity index (χ3n) is 8.09. The first-order chi connectivity index (χ1) is 19.3. The number of benzene rings is 2. The molecule has 0 saturated carbocycles. The summed E-state index contributed by atoms with van der Waals surface area (Å²) in [4.78, 5) is 14.8. The highest BCUT2D eigenvalue weighted by Gasteiger charge is 2.24. The number of aliphatic imine (C=N–C) groups is 1. The SMILES string of the molecule is C=C(C=N/C(=C\C)c1cccc(-c2cccc(-c3ccc(CN4CC(N)C4)c(CC)n3)c2C)c1)CN1CC(C)C1. The van der Waals surface area contributed by atoms with Crippen LogP contribution in [0.25, 0.3) is 28.1 Å². The second-order valence-corrected chi connectivity index (χ2v) is 11.6. The van der Waals surface area contributed by atoms with E-state index in [-0.39, 0.29) is 0 Å². The van der Waals surface area contributed by atoms with E-state index in [0.29, 0.717) is 6.04 Å². The largest absolute Gasteiger partial charge is 0.325 e. The Kier molecular flexibility index (Phi) is 8.75. The van der Waals surface area contributed by atoms with Crippen molar-refractivity contribution in [2.75, 3.05) is 32.7 Å². The number of nitrogens with two attached hydrogens (primary N) is 1. The number of likely N-dealkylation sites (tertiary alicyclic amines) is 2. The number of hydrogen-bond donors (Lipinski definition) is 1. The lowest BCUT2D eigenvalue weighted by Crippen LogP contribution is -2.54. The molecule has 2 fully saturated rings. The molecule has 0 amide bonds. The standard InChI is InChI=1S/C35H43N5/c1-6-33(37-17-24(3)18-39-19-25(4)20-39)28-11-8-10-27(16-28)31-12-9-13-32(26(31)5)35-15-14-29(34(7-2)38-35)21-40-22-30(36)23-40/h6,8-17,25,30H,3,7,18-23,36H2,1-2,4-5H3/b33-6-,37-17?. The predicted molar refractivity (Wildman–Crippen MR) is 169 cm³/mol. The molecular formula is C35H43N5. The van der Waals surface area contributed by atoms with Crippen molar-refractivity contribution in [1.82, 2.24) is 14.8 Å². The van der Waals surface area contributed by atoms with Gasteiger partial charge in [0.25, 0.3) is 0 Å². The van der Waals surface area contributed by atoms with Crippen LogP contribution in [0.1, 0.15) is 43.2 Å². The highest BCUT2D eigenvalue weighted by Crippen LogP contribution is 2.33. The molecule has 0 atom stereocenters. The second-order valence-electron chi connectivity index (χ2n) is 11.6. The van der Waals surface area contributed by atoms with Crippen LogP contribution in [-0.2, 0) is 13.0 Å². The van der Waals surface area contributed by atoms with Crippen LogP contribution in [-0.4, -0.2) is 59.8 Å². The van der Waals surface area contributed by atoms with Crippen LogP contribution < -0.4 is 5.73 Å². The van der Waals surface area contributed by atoms with Crippen LogP contribution in [0.2, 0.25) is 0 Å². The molecule has 0 bridgehead atoms. The van der Waals surface area contributed by atoms with E-state index in [2.05, 4.69) is 97.8 Å². The topological polar surface area (TPSA) is 57.8 Å². The molecule has 3 heterocycles. The number of aryl methyl sites for hydroxylation is 1. The van der Waals surface area contributed by atoms with Crippen molar-refractivity contribution in [3.8, 4) is 22.4 Å². The zero-order valence-electron chi connectivity index (χ0n) is 24.5. The summed E-state index contributed by atoms with van der Waals surface area (Å²) in [6.45, 7) is 19.0. The van der Waals surface area contributed by atoms with Gasteiger partial charge in [0, 0.05) is 68.3 Å². The van der Waals surface area contributed by atoms with Gasteiger partial charge in [-0.05, 0) is 66.1 Å². The van der Waals surface area contributed by atoms with Crippen molar-refractivity contribution in [2.45, 2.75) is 46.7 Å². The molecule has 1 aromatic heterocycles. The van der Waals surface area contributed by atoms with E-state index < -0.39 is 0 Å². The van der Waals surface area contributed by atoms with Gasteiger partial charge in [-0.15, -0.1) is 0 Å². The van der Waals surface area contributed by atoms with Crippen molar-refractivity contribution in [3.63, 3.8) is 0 Å². The van der Waals surface area contributed by atoms with Crippen molar-refractivity contribution < 1.29 is 0 Å². The maximum absolute atomic E-state index is 5.99. The van der Waals surface area contributed by atoms with Crippen LogP contribution >= 0.6 is 0 Å². The molecule has 40 heavy (non-hydrogen) atoms. The average molecular weight is 534 g/mol. The van der Waals surface area contributed by atoms with Crippen LogP contribution in [0.5, 0.6) is 0 Å². The number of hydrogen-bond acceptors (Lipinski definition) is 5. The van der Waals surface area contributed by atoms with Crippen molar-refractivity contribution in [2.24, 2.45) is 16.6 Å². The van der Waals surface area contributed by atoms with Gasteiger partial charge in [0.1, 0.15) is 0 Å². The van der Waals surface area contributed by atoms with Crippen LogP contribution in [0, 0.1) is 12.8 Å². The molecule has 0 spiro atoms. The first-order valence-corrected chi connectivity index (χ1v) is 14.6. The van der Waals surface area contributed by atoms with Gasteiger partial charge in [0.05, 0.1) is 11.4 Å². The Morgan fingerprint density at radius 3 is 2.50 bits per heavy atom. The monoisotopic (exact) mass is 533 g/mol. The van der Waals surface area contributed by atoms with E-state index >= 15 is 0 Å². The van der Waals surface area contributed by atoms with Gasteiger partial charge in [-0.25, -0.2) is 0 Å². The fourth-order valence-corrected chi connectivity index (χ4v) is 5.94. The fourth-order valence-electron chi connectivity index (χ4n) is 5.94. The lowest BCUT2D eigenvalue weighted by Gasteiger charge is -2.37. The minimum absolute atomic E-state index is 0.315. The zero-order valence-corrected chi connectivity index (χ0v) is 24.5. The normalized spacial score (nSPS) is 17.3. The van der Waals surface area contributed by atoms with Crippen LogP contribution in [0.4, 0.5) is 0 Å². The molecule has 3 aromatic rings. The zero-order chi connectivity index (χ0) is 28.2. The Labute approximate surface area is 240 Å². The molecule has 5 rings (SSSR count). The third-order valence-corrected chi connectivity index (χ3v) is 8.09. The number of nitrogens with zero attached hydrogens (tertiary/aromatic N) is 4. The molecule has 2 N–H and O–H groups in total. The van der Waals surface area contributed by atoms with Crippen molar-refractivity contribution >= 4 is 11.9 Å². The first kappa shape index (κ1) is 28.2. The molecule has 208 valence electrons. The Morgan fingerprint density at radius 1 is 1.05 bits per heavy atom. The van der Waals surface area contributed by atoms with Crippen LogP contribution in [0.3, 0.4) is 0 Å². The molecular weight excluding hydrogens is 490 g/mol. The number of allylic oxidation sites excluding steroid dienone is 1. The van der Waals surface area contributed by atoms with Gasteiger partial charge >= 0.3 is 0 Å². The lowest BCUT2D eigenvalue weighted by molar-refractivity contribution is 0.128. The summed E-state index contributed by atoms with van der Waals surface area (Å²) in [6.07, 6.45) is 4.91. The number of rotatable bonds is 10. The highest BCUT2D eigenvalue weighted by atomic mass is 15.2. The average Bonchev–Trinajstić information content (AvgIpc) is 2.92. The lowest BCUT2D eigenvalue weighted by atomic mass is 9.93. The van der Waals surface area contributed by atoms with Gasteiger partial charge in [0.2, 0.25) is 0 Å². The van der Waals surface area contributed by atoms with Gasteiger partial charge in [-0.2, -0.15) is 0 Å². The van der Waals surface area contributed by atoms with Gasteiger partial charge in [-0.3, -0.25) is 19.8 Å². The summed E-state index contributed by atoms with van der Waals surface area (Å²) in [5.74, 6) is 0.791. The van der Waals surface area contributed by atoms with Crippen molar-refractivity contribution in [1.29, 1.82) is 0 Å². The summed E-state index contributed by atoms with van der Waals surface area (Å²) >= 11 is 0. The Balaban J connectivity index is 1.36. The Bertz CT molecular complexity index is 1420. The Morgan fingerprint density at radius 2 is 1.80 bits per heavy atom. The Hall–Kier alpha value is -3.38. The molecule has 0 radical (unpaired) electrons. The highest BCUT2D eigenvalue weighted by molar-refractivity contribution is 5.85. The maximum atomic E-state index is 5.99. The minimum atomic E-state index is 0.315. The van der Waals surface area contributed by atoms with E-state index in [1.54, 1.807) is 0 Å². The molecule has 2 aliphatic rings. The molecule has 2 aliphatic heterocycles. The van der Waals surface area contributed by atoms with E-state index in [1.807, 2.05) is 13.1 Å². The number of aromatic nitrogens is 1. The fraction of sp³-hybridized carbons (Fsp3) is 0.371. The van der Waals surface area contributed by atoms with Crippen LogP contribution in [0.15, 0.2) is 77.8 Å². The van der Waals surface area contributed by atoms with E-state index in [0.717, 1.165) is 74.1 Å².